The molecule has 3 heterocycles. The van der Waals surface area contributed by atoms with Gasteiger partial charge in [-0.05, 0) is 56.7 Å². The van der Waals surface area contributed by atoms with E-state index in [1.165, 1.54) is 26.7 Å². The zero-order valence-corrected chi connectivity index (χ0v) is 20.5. The number of hydrogen-bond acceptors (Lipinski definition) is 5. The van der Waals surface area contributed by atoms with Gasteiger partial charge in [0.05, 0.1) is 27.2 Å². The van der Waals surface area contributed by atoms with Gasteiger partial charge in [-0.3, -0.25) is 4.79 Å². The normalized spacial score (nSPS) is 25.6. The van der Waals surface area contributed by atoms with Crippen LogP contribution in [0.15, 0.2) is 59.4 Å². The minimum Gasteiger partial charge on any atom is -0.329 e. The van der Waals surface area contributed by atoms with E-state index in [-0.39, 0.29) is 29.4 Å². The SMILES string of the molecule is Cc1nc(C(=O)N2CCC[C@@]23C[C@@H]3n2ncn(-c3ccccc3)c2=O)c(C2=C(F)C=CCC2C)s1. The van der Waals surface area contributed by atoms with E-state index in [2.05, 4.69) is 10.1 Å². The monoisotopic (exact) mass is 491 g/mol. The standard InChI is InChI=1S/C26H26FN5O2S/c1-16-8-6-11-19(27)21(16)23-22(29-17(2)35-23)24(33)31-13-7-12-26(31)14-20(26)32-25(34)30(15-28-32)18-9-4-3-5-10-18/h3-6,9-11,15-16,20H,7-8,12-14H2,1-2H3/t16?,20-,26-/m0/s1. The summed E-state index contributed by atoms with van der Waals surface area (Å²) in [4.78, 5) is 34.1. The van der Waals surface area contributed by atoms with Crippen LogP contribution in [-0.4, -0.2) is 42.2 Å². The van der Waals surface area contributed by atoms with Gasteiger partial charge in [-0.2, -0.15) is 5.10 Å². The summed E-state index contributed by atoms with van der Waals surface area (Å²) in [7, 11) is 0. The summed E-state index contributed by atoms with van der Waals surface area (Å²) in [5.41, 5.74) is 0.994. The number of nitrogens with zero attached hydrogens (tertiary/aromatic N) is 5. The van der Waals surface area contributed by atoms with Crippen molar-refractivity contribution >= 4 is 22.8 Å². The molecule has 3 aromatic rings. The number of aromatic nitrogens is 4. The molecule has 180 valence electrons. The Hall–Kier alpha value is -3.33. The van der Waals surface area contributed by atoms with Crippen molar-refractivity contribution in [3.63, 3.8) is 0 Å². The Kier molecular flexibility index (Phi) is 5.14. The lowest BCUT2D eigenvalue weighted by atomic mass is 9.90. The van der Waals surface area contributed by atoms with E-state index in [0.29, 0.717) is 29.1 Å². The topological polar surface area (TPSA) is 73.0 Å². The maximum Gasteiger partial charge on any atom is 0.350 e. The van der Waals surface area contributed by atoms with E-state index in [0.717, 1.165) is 30.0 Å². The van der Waals surface area contributed by atoms with Gasteiger partial charge in [0.15, 0.2) is 0 Å². The number of likely N-dealkylation sites (tertiary alicyclic amines) is 1. The molecule has 2 aliphatic carbocycles. The van der Waals surface area contributed by atoms with E-state index in [1.54, 1.807) is 6.33 Å². The van der Waals surface area contributed by atoms with Crippen LogP contribution in [0, 0.1) is 12.8 Å². The number of carbonyl (C=O) groups excluding carboxylic acids is 1. The third kappa shape index (κ3) is 3.43. The highest BCUT2D eigenvalue weighted by molar-refractivity contribution is 7.13. The lowest BCUT2D eigenvalue weighted by molar-refractivity contribution is 0.0696. The summed E-state index contributed by atoms with van der Waals surface area (Å²) in [5, 5.41) is 5.15. The average molecular weight is 492 g/mol. The van der Waals surface area contributed by atoms with Crippen molar-refractivity contribution in [3.05, 3.63) is 80.7 Å². The Bertz CT molecular complexity index is 1440. The zero-order chi connectivity index (χ0) is 24.3. The predicted octanol–water partition coefficient (Wildman–Crippen LogP) is 4.70. The molecule has 0 radical (unpaired) electrons. The van der Waals surface area contributed by atoms with Gasteiger partial charge in [0.25, 0.3) is 5.91 Å². The second kappa shape index (κ2) is 8.12. The molecule has 1 amide bonds. The first-order chi connectivity index (χ1) is 16.9. The van der Waals surface area contributed by atoms with Crippen molar-refractivity contribution in [3.8, 4) is 5.69 Å². The maximum atomic E-state index is 14.8. The first-order valence-corrected chi connectivity index (χ1v) is 12.8. The highest BCUT2D eigenvalue weighted by Crippen LogP contribution is 2.58. The highest BCUT2D eigenvalue weighted by atomic mass is 32.1. The molecule has 1 unspecified atom stereocenters. The largest absolute Gasteiger partial charge is 0.350 e. The summed E-state index contributed by atoms with van der Waals surface area (Å²) in [5.74, 6) is -0.491. The van der Waals surface area contributed by atoms with Gasteiger partial charge in [-0.25, -0.2) is 23.4 Å². The number of benzene rings is 1. The highest BCUT2D eigenvalue weighted by Gasteiger charge is 2.64. The molecule has 35 heavy (non-hydrogen) atoms. The first-order valence-electron chi connectivity index (χ1n) is 12.0. The summed E-state index contributed by atoms with van der Waals surface area (Å²) in [6.07, 6.45) is 7.93. The predicted molar refractivity (Wildman–Crippen MR) is 132 cm³/mol. The smallest absolute Gasteiger partial charge is 0.329 e. The Morgan fingerprint density at radius 1 is 1.26 bits per heavy atom. The van der Waals surface area contributed by atoms with Crippen LogP contribution in [0.3, 0.4) is 0 Å². The summed E-state index contributed by atoms with van der Waals surface area (Å²) in [6, 6.07) is 9.21. The first kappa shape index (κ1) is 22.2. The van der Waals surface area contributed by atoms with Crippen LogP contribution >= 0.6 is 11.3 Å². The second-order valence-electron chi connectivity index (χ2n) is 9.66. The van der Waals surface area contributed by atoms with Crippen molar-refractivity contribution in [2.75, 3.05) is 6.54 Å². The molecule has 1 aliphatic heterocycles. The number of amides is 1. The Morgan fingerprint density at radius 2 is 2.06 bits per heavy atom. The lowest BCUT2D eigenvalue weighted by Gasteiger charge is -2.26. The van der Waals surface area contributed by atoms with Gasteiger partial charge < -0.3 is 4.90 Å². The van der Waals surface area contributed by atoms with Crippen LogP contribution in [-0.2, 0) is 0 Å². The van der Waals surface area contributed by atoms with E-state index in [4.69, 9.17) is 0 Å². The van der Waals surface area contributed by atoms with Crippen LogP contribution in [0.25, 0.3) is 11.3 Å². The van der Waals surface area contributed by atoms with Crippen LogP contribution in [0.2, 0.25) is 0 Å². The average Bonchev–Trinajstić information content (AvgIpc) is 3.13. The van der Waals surface area contributed by atoms with E-state index in [9.17, 15) is 14.0 Å². The second-order valence-corrected chi connectivity index (χ2v) is 10.9. The van der Waals surface area contributed by atoms with E-state index < -0.39 is 5.54 Å². The summed E-state index contributed by atoms with van der Waals surface area (Å²) < 4.78 is 17.9. The van der Waals surface area contributed by atoms with Gasteiger partial charge in [0.1, 0.15) is 17.8 Å². The minimum atomic E-state index is -0.448. The van der Waals surface area contributed by atoms with Crippen molar-refractivity contribution in [2.24, 2.45) is 5.92 Å². The number of hydrogen-bond donors (Lipinski definition) is 0. The Labute approximate surface area is 206 Å². The molecule has 0 N–H and O–H groups in total. The fourth-order valence-corrected chi connectivity index (χ4v) is 6.75. The van der Waals surface area contributed by atoms with Gasteiger partial charge in [0.2, 0.25) is 0 Å². The number of aryl methyl sites for hydroxylation is 1. The van der Waals surface area contributed by atoms with E-state index >= 15 is 0 Å². The quantitative estimate of drug-likeness (QED) is 0.531. The molecule has 1 aromatic carbocycles. The van der Waals surface area contributed by atoms with Crippen LogP contribution in [0.1, 0.15) is 59.0 Å². The third-order valence-corrected chi connectivity index (χ3v) is 8.49. The third-order valence-electron chi connectivity index (χ3n) is 7.49. The number of allylic oxidation sites excluding steroid dienone is 4. The minimum absolute atomic E-state index is 0.0202. The number of para-hydroxylation sites is 1. The van der Waals surface area contributed by atoms with Crippen LogP contribution < -0.4 is 5.69 Å². The molecule has 3 atom stereocenters. The molecule has 3 aliphatic rings. The Balaban J connectivity index is 1.33. The summed E-state index contributed by atoms with van der Waals surface area (Å²) >= 11 is 1.38. The van der Waals surface area contributed by atoms with Crippen molar-refractivity contribution < 1.29 is 9.18 Å². The molecular formula is C26H26FN5O2S. The molecule has 0 bridgehead atoms. The van der Waals surface area contributed by atoms with Crippen molar-refractivity contribution in [1.82, 2.24) is 24.2 Å². The molecule has 1 saturated carbocycles. The van der Waals surface area contributed by atoms with Crippen molar-refractivity contribution in [1.29, 1.82) is 0 Å². The maximum absolute atomic E-state index is 14.8. The molecule has 1 saturated heterocycles. The number of halogens is 1. The van der Waals surface area contributed by atoms with E-state index in [1.807, 2.05) is 55.2 Å². The molecule has 2 aromatic heterocycles. The van der Waals surface area contributed by atoms with Crippen molar-refractivity contribution in [2.45, 2.75) is 51.1 Å². The number of thiazole rings is 1. The van der Waals surface area contributed by atoms with Crippen LogP contribution in [0.4, 0.5) is 4.39 Å². The fourth-order valence-electron chi connectivity index (χ4n) is 5.68. The van der Waals surface area contributed by atoms with Gasteiger partial charge >= 0.3 is 5.69 Å². The van der Waals surface area contributed by atoms with Gasteiger partial charge in [-0.15, -0.1) is 11.3 Å². The van der Waals surface area contributed by atoms with Crippen LogP contribution in [0.5, 0.6) is 0 Å². The molecule has 2 fully saturated rings. The lowest BCUT2D eigenvalue weighted by Crippen LogP contribution is -2.40. The molecular weight excluding hydrogens is 465 g/mol. The Morgan fingerprint density at radius 3 is 2.83 bits per heavy atom. The number of carbonyl (C=O) groups is 1. The van der Waals surface area contributed by atoms with Gasteiger partial charge in [-0.1, -0.05) is 31.2 Å². The molecule has 7 nitrogen and oxygen atoms in total. The fraction of sp³-hybridized carbons (Fsp3) is 0.385. The zero-order valence-electron chi connectivity index (χ0n) is 19.6. The molecule has 6 rings (SSSR count). The number of rotatable bonds is 4. The molecule has 1 spiro atoms. The summed E-state index contributed by atoms with van der Waals surface area (Å²) in [6.45, 7) is 4.42. The van der Waals surface area contributed by atoms with Gasteiger partial charge in [0, 0.05) is 12.1 Å². The molecule has 9 heteroatoms.